The molecule has 0 bridgehead atoms. The van der Waals surface area contributed by atoms with Gasteiger partial charge < -0.3 is 15.4 Å². The van der Waals surface area contributed by atoms with Crippen LogP contribution < -0.4 is 10.5 Å². The van der Waals surface area contributed by atoms with E-state index in [2.05, 4.69) is 0 Å². The Morgan fingerprint density at radius 3 is 2.79 bits per heavy atom. The van der Waals surface area contributed by atoms with Gasteiger partial charge in [-0.2, -0.15) is 0 Å². The molecule has 2 atom stereocenters. The number of likely N-dealkylation sites (tertiary alicyclic amines) is 1. The maximum atomic E-state index is 12.1. The third-order valence-electron chi connectivity index (χ3n) is 3.42. The summed E-state index contributed by atoms with van der Waals surface area (Å²) in [5.74, 6) is 0.857. The highest BCUT2D eigenvalue weighted by Crippen LogP contribution is 2.36. The summed E-state index contributed by atoms with van der Waals surface area (Å²) in [5, 5.41) is 0. The Hall–Kier alpha value is -1.26. The standard InChI is InChI=1S/C14H20N2O2.ClH/c1-10(15)14(17)16-9-5-7-12(16)11-6-3-4-8-13(11)18-2;/h3-4,6,8,10,12H,5,7,9,15H2,1-2H3;1H/t10-,12?;/m1./s1. The first-order valence-corrected chi connectivity index (χ1v) is 6.34. The zero-order chi connectivity index (χ0) is 13.1. The number of nitrogens with two attached hydrogens (primary N) is 1. The molecule has 1 aliphatic heterocycles. The molecule has 1 fully saturated rings. The number of benzene rings is 1. The average molecular weight is 285 g/mol. The molecule has 1 aromatic carbocycles. The van der Waals surface area contributed by atoms with Crippen molar-refractivity contribution in [3.63, 3.8) is 0 Å². The van der Waals surface area contributed by atoms with Crippen LogP contribution in [0.1, 0.15) is 31.4 Å². The van der Waals surface area contributed by atoms with Crippen LogP contribution in [0.4, 0.5) is 0 Å². The Morgan fingerprint density at radius 2 is 2.16 bits per heavy atom. The molecule has 0 saturated carbocycles. The van der Waals surface area contributed by atoms with Gasteiger partial charge in [0.05, 0.1) is 19.2 Å². The molecule has 106 valence electrons. The first-order chi connectivity index (χ1) is 8.65. The summed E-state index contributed by atoms with van der Waals surface area (Å²) in [7, 11) is 1.66. The van der Waals surface area contributed by atoms with Crippen molar-refractivity contribution in [2.75, 3.05) is 13.7 Å². The van der Waals surface area contributed by atoms with Gasteiger partial charge in [0.15, 0.2) is 0 Å². The van der Waals surface area contributed by atoms with Gasteiger partial charge in [0.25, 0.3) is 0 Å². The predicted octanol–water partition coefficient (Wildman–Crippen LogP) is 2.13. The summed E-state index contributed by atoms with van der Waals surface area (Å²) in [6.45, 7) is 2.52. The fourth-order valence-electron chi connectivity index (χ4n) is 2.56. The molecule has 1 heterocycles. The van der Waals surface area contributed by atoms with E-state index >= 15 is 0 Å². The van der Waals surface area contributed by atoms with E-state index in [0.29, 0.717) is 0 Å². The zero-order valence-electron chi connectivity index (χ0n) is 11.3. The van der Waals surface area contributed by atoms with Crippen molar-refractivity contribution in [2.45, 2.75) is 31.8 Å². The second-order valence-corrected chi connectivity index (χ2v) is 4.72. The smallest absolute Gasteiger partial charge is 0.239 e. The monoisotopic (exact) mass is 284 g/mol. The van der Waals surface area contributed by atoms with Crippen LogP contribution in [0.3, 0.4) is 0 Å². The van der Waals surface area contributed by atoms with Crippen molar-refractivity contribution in [3.05, 3.63) is 29.8 Å². The molecule has 0 aromatic heterocycles. The lowest BCUT2D eigenvalue weighted by Gasteiger charge is -2.27. The fraction of sp³-hybridized carbons (Fsp3) is 0.500. The highest BCUT2D eigenvalue weighted by molar-refractivity contribution is 5.85. The summed E-state index contributed by atoms with van der Waals surface area (Å²) in [4.78, 5) is 14.0. The van der Waals surface area contributed by atoms with Crippen LogP contribution in [0.2, 0.25) is 0 Å². The van der Waals surface area contributed by atoms with Crippen molar-refractivity contribution in [3.8, 4) is 5.75 Å². The molecule has 1 saturated heterocycles. The van der Waals surface area contributed by atoms with E-state index in [1.165, 1.54) is 0 Å². The zero-order valence-corrected chi connectivity index (χ0v) is 12.2. The molecule has 0 spiro atoms. The molecule has 5 heteroatoms. The van der Waals surface area contributed by atoms with E-state index in [4.69, 9.17) is 10.5 Å². The molecule has 1 aliphatic rings. The van der Waals surface area contributed by atoms with Gasteiger partial charge in [0.2, 0.25) is 5.91 Å². The molecule has 0 radical (unpaired) electrons. The lowest BCUT2D eigenvalue weighted by atomic mass is 10.0. The van der Waals surface area contributed by atoms with Crippen LogP contribution >= 0.6 is 12.4 Å². The summed E-state index contributed by atoms with van der Waals surface area (Å²) >= 11 is 0. The van der Waals surface area contributed by atoms with E-state index < -0.39 is 6.04 Å². The quantitative estimate of drug-likeness (QED) is 0.925. The number of hydrogen-bond acceptors (Lipinski definition) is 3. The van der Waals surface area contributed by atoms with Gasteiger partial charge in [-0.05, 0) is 25.8 Å². The molecule has 19 heavy (non-hydrogen) atoms. The molecule has 1 aromatic rings. The van der Waals surface area contributed by atoms with Crippen molar-refractivity contribution < 1.29 is 9.53 Å². The van der Waals surface area contributed by atoms with Gasteiger partial charge in [-0.25, -0.2) is 0 Å². The van der Waals surface area contributed by atoms with Crippen molar-refractivity contribution >= 4 is 18.3 Å². The number of methoxy groups -OCH3 is 1. The highest BCUT2D eigenvalue weighted by Gasteiger charge is 2.32. The fourth-order valence-corrected chi connectivity index (χ4v) is 2.56. The van der Waals surface area contributed by atoms with E-state index in [1.54, 1.807) is 14.0 Å². The van der Waals surface area contributed by atoms with Crippen LogP contribution in [-0.4, -0.2) is 30.5 Å². The van der Waals surface area contributed by atoms with Crippen LogP contribution in [0.5, 0.6) is 5.75 Å². The number of para-hydroxylation sites is 1. The lowest BCUT2D eigenvalue weighted by molar-refractivity contribution is -0.133. The second kappa shape index (κ2) is 6.78. The summed E-state index contributed by atoms with van der Waals surface area (Å²) < 4.78 is 5.38. The second-order valence-electron chi connectivity index (χ2n) is 4.72. The van der Waals surface area contributed by atoms with Crippen molar-refractivity contribution in [1.82, 2.24) is 4.90 Å². The van der Waals surface area contributed by atoms with Crippen LogP contribution in [-0.2, 0) is 4.79 Å². The number of amides is 1. The predicted molar refractivity (Wildman–Crippen MR) is 77.6 cm³/mol. The number of ether oxygens (including phenoxy) is 1. The maximum Gasteiger partial charge on any atom is 0.239 e. The Labute approximate surface area is 120 Å². The van der Waals surface area contributed by atoms with E-state index in [9.17, 15) is 4.79 Å². The number of carbonyl (C=O) groups excluding carboxylic acids is 1. The largest absolute Gasteiger partial charge is 0.496 e. The van der Waals surface area contributed by atoms with Crippen LogP contribution in [0, 0.1) is 0 Å². The first-order valence-electron chi connectivity index (χ1n) is 6.34. The Morgan fingerprint density at radius 1 is 1.47 bits per heavy atom. The van der Waals surface area contributed by atoms with E-state index in [1.807, 2.05) is 29.2 Å². The number of rotatable bonds is 3. The number of hydrogen-bond donors (Lipinski definition) is 1. The van der Waals surface area contributed by atoms with Crippen LogP contribution in [0.15, 0.2) is 24.3 Å². The highest BCUT2D eigenvalue weighted by atomic mass is 35.5. The summed E-state index contributed by atoms with van der Waals surface area (Å²) in [6.07, 6.45) is 1.99. The lowest BCUT2D eigenvalue weighted by Crippen LogP contribution is -2.41. The third-order valence-corrected chi connectivity index (χ3v) is 3.42. The van der Waals surface area contributed by atoms with Gasteiger partial charge in [-0.15, -0.1) is 12.4 Å². The SMILES string of the molecule is COc1ccccc1C1CCCN1C(=O)[C@@H](C)N.Cl. The Balaban J connectivity index is 0.00000180. The molecule has 1 unspecified atom stereocenters. The van der Waals surface area contributed by atoms with Gasteiger partial charge >= 0.3 is 0 Å². The van der Waals surface area contributed by atoms with Crippen molar-refractivity contribution in [2.24, 2.45) is 5.73 Å². The number of carbonyl (C=O) groups is 1. The molecular weight excluding hydrogens is 264 g/mol. The minimum atomic E-state index is -0.444. The van der Waals surface area contributed by atoms with Gasteiger partial charge in [0.1, 0.15) is 5.75 Å². The number of halogens is 1. The number of nitrogens with zero attached hydrogens (tertiary/aromatic N) is 1. The first kappa shape index (κ1) is 15.8. The minimum absolute atomic E-state index is 0. The molecule has 0 aliphatic carbocycles. The molecule has 4 nitrogen and oxygen atoms in total. The minimum Gasteiger partial charge on any atom is -0.496 e. The van der Waals surface area contributed by atoms with Gasteiger partial charge in [0, 0.05) is 12.1 Å². The molecule has 1 amide bonds. The van der Waals surface area contributed by atoms with Crippen LogP contribution in [0.25, 0.3) is 0 Å². The maximum absolute atomic E-state index is 12.1. The van der Waals surface area contributed by atoms with Gasteiger partial charge in [-0.1, -0.05) is 18.2 Å². The summed E-state index contributed by atoms with van der Waals surface area (Å²) in [6, 6.07) is 7.53. The normalized spacial score (nSPS) is 19.7. The molecule has 2 rings (SSSR count). The Kier molecular flexibility index (Phi) is 5.63. The van der Waals surface area contributed by atoms with E-state index in [0.717, 1.165) is 30.7 Å². The topological polar surface area (TPSA) is 55.6 Å². The summed E-state index contributed by atoms with van der Waals surface area (Å²) in [5.41, 5.74) is 6.78. The third kappa shape index (κ3) is 3.19. The van der Waals surface area contributed by atoms with E-state index in [-0.39, 0.29) is 24.4 Å². The molecule has 2 N–H and O–H groups in total. The average Bonchev–Trinajstić information content (AvgIpc) is 2.86. The Bertz CT molecular complexity index is 437. The van der Waals surface area contributed by atoms with Crippen molar-refractivity contribution in [1.29, 1.82) is 0 Å². The molecular formula is C14H21ClN2O2. The van der Waals surface area contributed by atoms with Gasteiger partial charge in [-0.3, -0.25) is 4.79 Å².